The van der Waals surface area contributed by atoms with E-state index >= 15 is 0 Å². The quantitative estimate of drug-likeness (QED) is 0.771. The van der Waals surface area contributed by atoms with Crippen molar-refractivity contribution < 1.29 is 14.6 Å². The Labute approximate surface area is 111 Å². The van der Waals surface area contributed by atoms with E-state index in [0.29, 0.717) is 18.0 Å². The number of phenolic OH excluding ortho intramolecular Hbond substituents is 2. The fourth-order valence-electron chi connectivity index (χ4n) is 1.92. The zero-order chi connectivity index (χ0) is 13.8. The first-order chi connectivity index (χ1) is 9.11. The summed E-state index contributed by atoms with van der Waals surface area (Å²) in [5, 5.41) is 22.7. The minimum Gasteiger partial charge on any atom is -0.507 e. The summed E-state index contributed by atoms with van der Waals surface area (Å²) in [7, 11) is 0. The monoisotopic (exact) mass is 262 g/mol. The third-order valence-corrected chi connectivity index (χ3v) is 3.00. The molecule has 0 fully saturated rings. The van der Waals surface area contributed by atoms with Gasteiger partial charge in [-0.05, 0) is 19.1 Å². The number of benzene rings is 1. The van der Waals surface area contributed by atoms with Crippen LogP contribution < -0.4 is 5.32 Å². The molecule has 0 aliphatic heterocycles. The molecule has 102 valence electrons. The highest BCUT2D eigenvalue weighted by Crippen LogP contribution is 2.32. The number of hydrogen-bond donors (Lipinski definition) is 3. The lowest BCUT2D eigenvalue weighted by Crippen LogP contribution is -2.18. The number of nitrogens with zero attached hydrogens (tertiary/aromatic N) is 1. The van der Waals surface area contributed by atoms with E-state index in [1.165, 1.54) is 0 Å². The van der Waals surface area contributed by atoms with Gasteiger partial charge in [0.2, 0.25) is 5.89 Å². The molecule has 0 bridgehead atoms. The van der Waals surface area contributed by atoms with E-state index in [4.69, 9.17) is 4.42 Å². The molecule has 1 aromatic carbocycles. The number of phenols is 2. The van der Waals surface area contributed by atoms with Crippen LogP contribution in [0.25, 0.3) is 0 Å². The van der Waals surface area contributed by atoms with E-state index in [1.54, 1.807) is 24.4 Å². The maximum absolute atomic E-state index is 9.76. The Kier molecular flexibility index (Phi) is 4.06. The van der Waals surface area contributed by atoms with Gasteiger partial charge in [-0.3, -0.25) is 0 Å². The average Bonchev–Trinajstić information content (AvgIpc) is 2.84. The van der Waals surface area contributed by atoms with Crippen LogP contribution in [0.1, 0.15) is 37.1 Å². The molecular weight excluding hydrogens is 244 g/mol. The summed E-state index contributed by atoms with van der Waals surface area (Å²) in [6, 6.07) is 4.49. The van der Waals surface area contributed by atoms with Crippen molar-refractivity contribution in [3.8, 4) is 11.5 Å². The second kappa shape index (κ2) is 5.75. The Bertz CT molecular complexity index is 531. The van der Waals surface area contributed by atoms with Crippen LogP contribution >= 0.6 is 0 Å². The number of aryl methyl sites for hydroxylation is 1. The summed E-state index contributed by atoms with van der Waals surface area (Å²) in [5.74, 6) is 1.58. The van der Waals surface area contributed by atoms with Crippen molar-refractivity contribution >= 4 is 0 Å². The third-order valence-electron chi connectivity index (χ3n) is 3.00. The van der Waals surface area contributed by atoms with Crippen LogP contribution in [-0.4, -0.2) is 15.2 Å². The van der Waals surface area contributed by atoms with E-state index in [9.17, 15) is 10.2 Å². The van der Waals surface area contributed by atoms with Crippen molar-refractivity contribution in [1.29, 1.82) is 0 Å². The molecule has 0 radical (unpaired) electrons. The standard InChI is InChI=1S/C14H18N2O3/c1-3-10-7-16-13(19-10)8-15-9(2)14-11(17)5-4-6-12(14)18/h4-7,9,15,17-18H,3,8H2,1-2H3. The lowest BCUT2D eigenvalue weighted by Gasteiger charge is -2.15. The van der Waals surface area contributed by atoms with Crippen molar-refractivity contribution in [2.75, 3.05) is 0 Å². The van der Waals surface area contributed by atoms with Crippen LogP contribution in [-0.2, 0) is 13.0 Å². The summed E-state index contributed by atoms with van der Waals surface area (Å²) in [6.07, 6.45) is 2.52. The van der Waals surface area contributed by atoms with Gasteiger partial charge in [-0.25, -0.2) is 4.98 Å². The minimum atomic E-state index is -0.210. The molecule has 1 heterocycles. The van der Waals surface area contributed by atoms with Gasteiger partial charge in [0.25, 0.3) is 0 Å². The molecule has 1 atom stereocenters. The second-order valence-electron chi connectivity index (χ2n) is 4.39. The number of aromatic hydroxyl groups is 2. The SMILES string of the molecule is CCc1cnc(CNC(C)c2c(O)cccc2O)o1. The van der Waals surface area contributed by atoms with Crippen LogP contribution in [0, 0.1) is 0 Å². The molecule has 5 nitrogen and oxygen atoms in total. The number of hydrogen-bond acceptors (Lipinski definition) is 5. The van der Waals surface area contributed by atoms with Gasteiger partial charge in [0.05, 0.1) is 18.3 Å². The van der Waals surface area contributed by atoms with Gasteiger partial charge >= 0.3 is 0 Å². The number of oxazole rings is 1. The minimum absolute atomic E-state index is 0.0710. The molecule has 1 aromatic heterocycles. The topological polar surface area (TPSA) is 78.5 Å². The lowest BCUT2D eigenvalue weighted by atomic mass is 10.1. The summed E-state index contributed by atoms with van der Waals surface area (Å²) < 4.78 is 5.48. The molecule has 3 N–H and O–H groups in total. The molecule has 0 spiro atoms. The molecular formula is C14H18N2O3. The molecule has 0 saturated carbocycles. The fourth-order valence-corrected chi connectivity index (χ4v) is 1.92. The zero-order valence-electron chi connectivity index (χ0n) is 11.1. The molecule has 2 aromatic rings. The molecule has 1 unspecified atom stereocenters. The molecule has 0 saturated heterocycles. The van der Waals surface area contributed by atoms with Gasteiger partial charge in [-0.1, -0.05) is 13.0 Å². The van der Waals surface area contributed by atoms with Gasteiger partial charge in [-0.15, -0.1) is 0 Å². The van der Waals surface area contributed by atoms with Crippen molar-refractivity contribution in [1.82, 2.24) is 10.3 Å². The van der Waals surface area contributed by atoms with E-state index < -0.39 is 0 Å². The summed E-state index contributed by atoms with van der Waals surface area (Å²) in [5.41, 5.74) is 0.477. The number of aromatic nitrogens is 1. The summed E-state index contributed by atoms with van der Waals surface area (Å²) in [6.45, 7) is 4.30. The Morgan fingerprint density at radius 3 is 2.58 bits per heavy atom. The van der Waals surface area contributed by atoms with Gasteiger partial charge in [0, 0.05) is 12.5 Å². The number of nitrogens with one attached hydrogen (secondary N) is 1. The van der Waals surface area contributed by atoms with E-state index in [2.05, 4.69) is 10.3 Å². The first-order valence-electron chi connectivity index (χ1n) is 6.29. The highest BCUT2D eigenvalue weighted by molar-refractivity contribution is 5.44. The van der Waals surface area contributed by atoms with Crippen molar-refractivity contribution in [3.05, 3.63) is 41.6 Å². The predicted molar refractivity (Wildman–Crippen MR) is 70.9 cm³/mol. The van der Waals surface area contributed by atoms with Gasteiger partial charge in [-0.2, -0.15) is 0 Å². The average molecular weight is 262 g/mol. The van der Waals surface area contributed by atoms with Gasteiger partial charge < -0.3 is 19.9 Å². The molecule has 5 heteroatoms. The van der Waals surface area contributed by atoms with Crippen LogP contribution in [0.15, 0.2) is 28.8 Å². The van der Waals surface area contributed by atoms with Crippen molar-refractivity contribution in [2.24, 2.45) is 0 Å². The molecule has 0 aliphatic carbocycles. The van der Waals surface area contributed by atoms with Crippen LogP contribution in [0.3, 0.4) is 0 Å². The highest BCUT2D eigenvalue weighted by atomic mass is 16.4. The van der Waals surface area contributed by atoms with Crippen LogP contribution in [0.5, 0.6) is 11.5 Å². The zero-order valence-corrected chi connectivity index (χ0v) is 11.1. The maximum Gasteiger partial charge on any atom is 0.208 e. The third kappa shape index (κ3) is 3.06. The summed E-state index contributed by atoms with van der Waals surface area (Å²) >= 11 is 0. The van der Waals surface area contributed by atoms with Gasteiger partial charge in [0.15, 0.2) is 0 Å². The normalized spacial score (nSPS) is 12.5. The first kappa shape index (κ1) is 13.4. The Morgan fingerprint density at radius 2 is 2.00 bits per heavy atom. The Morgan fingerprint density at radius 1 is 1.32 bits per heavy atom. The first-order valence-corrected chi connectivity index (χ1v) is 6.29. The van der Waals surface area contributed by atoms with Crippen molar-refractivity contribution in [3.63, 3.8) is 0 Å². The second-order valence-corrected chi connectivity index (χ2v) is 4.39. The molecule has 2 rings (SSSR count). The smallest absolute Gasteiger partial charge is 0.208 e. The van der Waals surface area contributed by atoms with Gasteiger partial charge in [0.1, 0.15) is 17.3 Å². The largest absolute Gasteiger partial charge is 0.507 e. The summed E-state index contributed by atoms with van der Waals surface area (Å²) in [4.78, 5) is 4.14. The Balaban J connectivity index is 2.03. The van der Waals surface area contributed by atoms with E-state index in [0.717, 1.165) is 12.2 Å². The van der Waals surface area contributed by atoms with Crippen LogP contribution in [0.2, 0.25) is 0 Å². The van der Waals surface area contributed by atoms with E-state index in [1.807, 2.05) is 13.8 Å². The Hall–Kier alpha value is -2.01. The van der Waals surface area contributed by atoms with E-state index in [-0.39, 0.29) is 17.5 Å². The number of rotatable bonds is 5. The predicted octanol–water partition coefficient (Wildman–Crippen LogP) is 2.50. The highest BCUT2D eigenvalue weighted by Gasteiger charge is 2.15. The lowest BCUT2D eigenvalue weighted by molar-refractivity contribution is 0.398. The molecule has 19 heavy (non-hydrogen) atoms. The molecule has 0 amide bonds. The maximum atomic E-state index is 9.76. The molecule has 0 aliphatic rings. The van der Waals surface area contributed by atoms with Crippen LogP contribution in [0.4, 0.5) is 0 Å². The fraction of sp³-hybridized carbons (Fsp3) is 0.357. The van der Waals surface area contributed by atoms with Crippen molar-refractivity contribution in [2.45, 2.75) is 32.9 Å².